The number of hydrogen-bond acceptors (Lipinski definition) is 8. The zero-order valence-corrected chi connectivity index (χ0v) is 15.0. The second kappa shape index (κ2) is 7.60. The molecule has 11 heteroatoms. The van der Waals surface area contributed by atoms with Crippen LogP contribution in [0.2, 0.25) is 0 Å². The topological polar surface area (TPSA) is 116 Å². The van der Waals surface area contributed by atoms with Crippen molar-refractivity contribution >= 4 is 21.5 Å². The molecule has 0 amide bonds. The normalized spacial score (nSPS) is 16.6. The van der Waals surface area contributed by atoms with Gasteiger partial charge in [0.15, 0.2) is 11.5 Å². The van der Waals surface area contributed by atoms with E-state index in [0.29, 0.717) is 24.4 Å². The Morgan fingerprint density at radius 2 is 1.96 bits per heavy atom. The van der Waals surface area contributed by atoms with Gasteiger partial charge in [-0.05, 0) is 12.1 Å². The van der Waals surface area contributed by atoms with Crippen LogP contribution in [0.5, 0.6) is 0 Å². The highest BCUT2D eigenvalue weighted by atomic mass is 32.2. The smallest absolute Gasteiger partial charge is 0.208 e. The Labute approximate surface area is 146 Å². The number of piperazine rings is 1. The van der Waals surface area contributed by atoms with Crippen LogP contribution in [0, 0.1) is 0 Å². The summed E-state index contributed by atoms with van der Waals surface area (Å²) in [5, 5.41) is 21.8. The summed E-state index contributed by atoms with van der Waals surface area (Å²) in [5.41, 5.74) is 0.636. The van der Waals surface area contributed by atoms with E-state index in [0.717, 1.165) is 38.3 Å². The SMILES string of the molecule is CS(=O)(=O)NCCc1nnc2ccc(N3CCN(CCO)CC3)nn12. The van der Waals surface area contributed by atoms with Gasteiger partial charge >= 0.3 is 0 Å². The standard InChI is InChI=1S/C14H23N7O3S/c1-25(23,24)15-5-4-13-17-16-12-2-3-14(18-21(12)13)20-8-6-19(7-9-20)10-11-22/h2-3,15,22H,4-11H2,1H3. The second-order valence-electron chi connectivity index (χ2n) is 6.05. The molecule has 25 heavy (non-hydrogen) atoms. The molecule has 0 unspecified atom stereocenters. The van der Waals surface area contributed by atoms with E-state index >= 15 is 0 Å². The van der Waals surface area contributed by atoms with Gasteiger partial charge in [-0.3, -0.25) is 4.90 Å². The van der Waals surface area contributed by atoms with Crippen molar-refractivity contribution in [1.29, 1.82) is 0 Å². The number of hydrogen-bond donors (Lipinski definition) is 2. The lowest BCUT2D eigenvalue weighted by Gasteiger charge is -2.34. The molecule has 2 aromatic heterocycles. The molecular formula is C14H23N7O3S. The van der Waals surface area contributed by atoms with Crippen LogP contribution in [0.3, 0.4) is 0 Å². The van der Waals surface area contributed by atoms with Crippen molar-refractivity contribution in [3.63, 3.8) is 0 Å². The second-order valence-corrected chi connectivity index (χ2v) is 7.88. The highest BCUT2D eigenvalue weighted by Crippen LogP contribution is 2.15. The zero-order chi connectivity index (χ0) is 17.9. The van der Waals surface area contributed by atoms with Crippen molar-refractivity contribution in [2.75, 3.05) is 57.0 Å². The summed E-state index contributed by atoms with van der Waals surface area (Å²) in [5.74, 6) is 1.46. The quantitative estimate of drug-likeness (QED) is 0.595. The van der Waals surface area contributed by atoms with Crippen LogP contribution < -0.4 is 9.62 Å². The summed E-state index contributed by atoms with van der Waals surface area (Å²) in [6, 6.07) is 3.78. The third-order valence-corrected chi connectivity index (χ3v) is 4.87. The van der Waals surface area contributed by atoms with Crippen molar-refractivity contribution in [2.24, 2.45) is 0 Å². The molecule has 1 saturated heterocycles. The molecule has 1 fully saturated rings. The Hall–Kier alpha value is -1.82. The van der Waals surface area contributed by atoms with Crippen LogP contribution in [0.4, 0.5) is 5.82 Å². The molecule has 10 nitrogen and oxygen atoms in total. The molecule has 0 spiro atoms. The predicted molar refractivity (Wildman–Crippen MR) is 93.1 cm³/mol. The Balaban J connectivity index is 1.70. The zero-order valence-electron chi connectivity index (χ0n) is 14.2. The van der Waals surface area contributed by atoms with Crippen molar-refractivity contribution in [3.05, 3.63) is 18.0 Å². The minimum Gasteiger partial charge on any atom is -0.395 e. The number of sulfonamides is 1. The molecule has 2 N–H and O–H groups in total. The first-order chi connectivity index (χ1) is 12.0. The summed E-state index contributed by atoms with van der Waals surface area (Å²) in [6.07, 6.45) is 1.54. The number of aromatic nitrogens is 4. The highest BCUT2D eigenvalue weighted by Gasteiger charge is 2.18. The molecule has 0 aliphatic carbocycles. The average Bonchev–Trinajstić information content (AvgIpc) is 2.97. The van der Waals surface area contributed by atoms with Gasteiger partial charge in [0, 0.05) is 45.7 Å². The van der Waals surface area contributed by atoms with E-state index in [4.69, 9.17) is 5.11 Å². The van der Waals surface area contributed by atoms with Crippen LogP contribution in [0.15, 0.2) is 12.1 Å². The molecule has 3 heterocycles. The highest BCUT2D eigenvalue weighted by molar-refractivity contribution is 7.88. The minimum absolute atomic E-state index is 0.176. The number of fused-ring (bicyclic) bond motifs is 1. The van der Waals surface area contributed by atoms with E-state index in [2.05, 4.69) is 29.8 Å². The summed E-state index contributed by atoms with van der Waals surface area (Å²) < 4.78 is 26.4. The molecule has 0 saturated carbocycles. The van der Waals surface area contributed by atoms with Gasteiger partial charge in [-0.1, -0.05) is 0 Å². The van der Waals surface area contributed by atoms with Crippen molar-refractivity contribution in [1.82, 2.24) is 29.4 Å². The van der Waals surface area contributed by atoms with Crippen LogP contribution in [-0.2, 0) is 16.4 Å². The Bertz CT molecular complexity index is 815. The molecule has 1 aliphatic rings. The lowest BCUT2D eigenvalue weighted by atomic mass is 10.3. The van der Waals surface area contributed by atoms with Gasteiger partial charge in [0.25, 0.3) is 0 Å². The Kier molecular flexibility index (Phi) is 5.47. The number of aliphatic hydroxyl groups is 1. The van der Waals surface area contributed by atoms with Crippen LogP contribution in [0.1, 0.15) is 5.82 Å². The van der Waals surface area contributed by atoms with E-state index in [1.807, 2.05) is 12.1 Å². The Morgan fingerprint density at radius 3 is 2.64 bits per heavy atom. The summed E-state index contributed by atoms with van der Waals surface area (Å²) in [4.78, 5) is 4.40. The monoisotopic (exact) mass is 369 g/mol. The number of rotatable bonds is 7. The third kappa shape index (κ3) is 4.63. The predicted octanol–water partition coefficient (Wildman–Crippen LogP) is -1.67. The largest absolute Gasteiger partial charge is 0.395 e. The molecule has 2 aromatic rings. The molecule has 3 rings (SSSR count). The van der Waals surface area contributed by atoms with Gasteiger partial charge in [0.2, 0.25) is 10.0 Å². The van der Waals surface area contributed by atoms with Crippen LogP contribution in [-0.4, -0.2) is 90.4 Å². The van der Waals surface area contributed by atoms with E-state index < -0.39 is 10.0 Å². The maximum Gasteiger partial charge on any atom is 0.208 e. The van der Waals surface area contributed by atoms with Gasteiger partial charge in [-0.25, -0.2) is 13.1 Å². The first-order valence-electron chi connectivity index (χ1n) is 8.20. The van der Waals surface area contributed by atoms with Gasteiger partial charge in [-0.2, -0.15) is 4.52 Å². The lowest BCUT2D eigenvalue weighted by Crippen LogP contribution is -2.47. The first-order valence-corrected chi connectivity index (χ1v) is 10.1. The number of nitrogens with zero attached hydrogens (tertiary/aromatic N) is 6. The van der Waals surface area contributed by atoms with Gasteiger partial charge in [-0.15, -0.1) is 15.3 Å². The van der Waals surface area contributed by atoms with Crippen molar-refractivity contribution in [2.45, 2.75) is 6.42 Å². The molecule has 0 aromatic carbocycles. The molecule has 0 atom stereocenters. The number of nitrogens with one attached hydrogen (secondary N) is 1. The van der Waals surface area contributed by atoms with Crippen LogP contribution in [0.25, 0.3) is 5.65 Å². The maximum atomic E-state index is 11.2. The molecule has 138 valence electrons. The van der Waals surface area contributed by atoms with Crippen LogP contribution >= 0.6 is 0 Å². The number of β-amino-alcohol motifs (C(OH)–C–C–N with tert-alkyl or cyclic N) is 1. The molecular weight excluding hydrogens is 346 g/mol. The summed E-state index contributed by atoms with van der Waals surface area (Å²) >= 11 is 0. The minimum atomic E-state index is -3.22. The summed E-state index contributed by atoms with van der Waals surface area (Å²) in [7, 11) is -3.22. The maximum absolute atomic E-state index is 11.2. The molecule has 0 radical (unpaired) electrons. The fourth-order valence-electron chi connectivity index (χ4n) is 2.84. The fourth-order valence-corrected chi connectivity index (χ4v) is 3.31. The van der Waals surface area contributed by atoms with Gasteiger partial charge in [0.1, 0.15) is 5.82 Å². The lowest BCUT2D eigenvalue weighted by molar-refractivity contribution is 0.188. The number of anilines is 1. The van der Waals surface area contributed by atoms with Crippen molar-refractivity contribution < 1.29 is 13.5 Å². The molecule has 1 aliphatic heterocycles. The first kappa shape index (κ1) is 18.0. The molecule has 0 bridgehead atoms. The van der Waals surface area contributed by atoms with E-state index in [1.165, 1.54) is 0 Å². The van der Waals surface area contributed by atoms with Gasteiger partial charge in [0.05, 0.1) is 12.9 Å². The summed E-state index contributed by atoms with van der Waals surface area (Å²) in [6.45, 7) is 4.57. The average molecular weight is 369 g/mol. The van der Waals surface area contributed by atoms with E-state index in [9.17, 15) is 8.42 Å². The number of aliphatic hydroxyl groups excluding tert-OH is 1. The van der Waals surface area contributed by atoms with E-state index in [-0.39, 0.29) is 13.2 Å². The van der Waals surface area contributed by atoms with Crippen molar-refractivity contribution in [3.8, 4) is 0 Å². The fraction of sp³-hybridized carbons (Fsp3) is 0.643. The Morgan fingerprint density at radius 1 is 1.20 bits per heavy atom. The van der Waals surface area contributed by atoms with E-state index in [1.54, 1.807) is 4.52 Å². The van der Waals surface area contributed by atoms with Gasteiger partial charge < -0.3 is 10.0 Å². The third-order valence-electron chi connectivity index (χ3n) is 4.14.